The van der Waals surface area contributed by atoms with Gasteiger partial charge < -0.3 is 21.1 Å². The molecule has 9 heteroatoms. The van der Waals surface area contributed by atoms with Crippen LogP contribution >= 0.6 is 0 Å². The van der Waals surface area contributed by atoms with Crippen molar-refractivity contribution in [2.45, 2.75) is 96.2 Å². The summed E-state index contributed by atoms with van der Waals surface area (Å²) in [6.07, 6.45) is -0.0749. The topological polar surface area (TPSA) is 155 Å². The number of aliphatic hydroxyl groups excluding tert-OH is 2. The largest absolute Gasteiger partial charge is 0.390 e. The number of rotatable bonds is 6. The van der Waals surface area contributed by atoms with Crippen LogP contribution in [0.3, 0.4) is 0 Å². The lowest BCUT2D eigenvalue weighted by Gasteiger charge is -2.62. The molecule has 0 radical (unpaired) electrons. The number of fused-ring (bicyclic) bond motifs is 5. The van der Waals surface area contributed by atoms with Gasteiger partial charge in [-0.2, -0.15) is 0 Å². The van der Waals surface area contributed by atoms with Gasteiger partial charge in [-0.1, -0.05) is 32.4 Å². The second-order valence-corrected chi connectivity index (χ2v) is 12.1. The number of nitrogens with two attached hydrogens (primary N) is 1. The maximum atomic E-state index is 17.6. The third-order valence-corrected chi connectivity index (χ3v) is 10.3. The molecule has 0 aliphatic heterocycles. The second kappa shape index (κ2) is 8.73. The Balaban J connectivity index is 1.82. The number of carbonyl (C=O) groups excluding carboxylic acids is 4. The van der Waals surface area contributed by atoms with Crippen LogP contribution in [0.25, 0.3) is 0 Å². The van der Waals surface area contributed by atoms with Crippen molar-refractivity contribution in [3.8, 4) is 0 Å². The van der Waals surface area contributed by atoms with Crippen LogP contribution in [-0.2, 0) is 19.2 Å². The first-order chi connectivity index (χ1) is 17.0. The number of carbonyl (C=O) groups is 4. The SMILES string of the molecule is CCC(O)C(=O)C(=O)[C@@]1(O)[C@H](C)C[C@H]2[C@@H]3CCC4=CC(=O)C(C(=O)[C@H](C)N)=C[C@]4(C)[C@@]3(F)[C@@H](O)C[C@@]21C. The fraction of sp³-hybridized carbons (Fsp3) is 0.714. The van der Waals surface area contributed by atoms with E-state index >= 15 is 4.39 Å². The van der Waals surface area contributed by atoms with Crippen LogP contribution in [0.5, 0.6) is 0 Å². The number of Topliss-reactive ketones (excluding diaryl/α,β-unsaturated/α-hetero) is 3. The van der Waals surface area contributed by atoms with Crippen molar-refractivity contribution in [1.82, 2.24) is 0 Å². The van der Waals surface area contributed by atoms with Crippen LogP contribution < -0.4 is 5.73 Å². The lowest BCUT2D eigenvalue weighted by molar-refractivity contribution is -0.219. The summed E-state index contributed by atoms with van der Waals surface area (Å²) in [7, 11) is 0. The highest BCUT2D eigenvalue weighted by atomic mass is 19.1. The summed E-state index contributed by atoms with van der Waals surface area (Å²) in [5.41, 5.74) is -1.27. The van der Waals surface area contributed by atoms with Crippen molar-refractivity contribution >= 4 is 23.1 Å². The van der Waals surface area contributed by atoms with Crippen LogP contribution in [0.15, 0.2) is 23.3 Å². The molecule has 0 spiro atoms. The van der Waals surface area contributed by atoms with E-state index in [9.17, 15) is 34.5 Å². The van der Waals surface area contributed by atoms with Gasteiger partial charge in [-0.05, 0) is 63.9 Å². The average Bonchev–Trinajstić information content (AvgIpc) is 3.04. The lowest BCUT2D eigenvalue weighted by atomic mass is 9.44. The monoisotopic (exact) mass is 519 g/mol. The Morgan fingerprint density at radius 1 is 1.24 bits per heavy atom. The smallest absolute Gasteiger partial charge is 0.233 e. The van der Waals surface area contributed by atoms with Gasteiger partial charge in [0.2, 0.25) is 11.6 Å². The highest BCUT2D eigenvalue weighted by Crippen LogP contribution is 2.71. The first kappa shape index (κ1) is 28.0. The molecule has 8 nitrogen and oxygen atoms in total. The summed E-state index contributed by atoms with van der Waals surface area (Å²) >= 11 is 0. The van der Waals surface area contributed by atoms with Crippen LogP contribution in [0.2, 0.25) is 0 Å². The molecule has 0 aromatic carbocycles. The minimum absolute atomic E-state index is 0.00894. The van der Waals surface area contributed by atoms with Gasteiger partial charge in [0, 0.05) is 16.7 Å². The fourth-order valence-corrected chi connectivity index (χ4v) is 8.09. The van der Waals surface area contributed by atoms with Crippen molar-refractivity contribution in [3.63, 3.8) is 0 Å². The molecule has 4 aliphatic carbocycles. The number of hydrogen-bond donors (Lipinski definition) is 4. The summed E-state index contributed by atoms with van der Waals surface area (Å²) < 4.78 is 17.6. The Kier molecular flexibility index (Phi) is 6.59. The summed E-state index contributed by atoms with van der Waals surface area (Å²) in [4.78, 5) is 51.5. The van der Waals surface area contributed by atoms with Crippen molar-refractivity contribution in [2.75, 3.05) is 0 Å². The first-order valence-electron chi connectivity index (χ1n) is 13.2. The molecule has 204 valence electrons. The lowest BCUT2D eigenvalue weighted by Crippen LogP contribution is -2.70. The molecule has 0 bridgehead atoms. The fourth-order valence-electron chi connectivity index (χ4n) is 8.09. The molecule has 4 aliphatic rings. The van der Waals surface area contributed by atoms with E-state index in [0.29, 0.717) is 12.0 Å². The standard InChI is InChI=1S/C28H38FNO7/c1-6-19(31)23(35)24(36)28(37)13(2)9-18-17-8-7-15-10-20(32)16(22(34)14(3)30)11-25(15,4)27(17,29)21(33)12-26(18,28)5/h10-11,13-14,17-19,21,31,33,37H,6-9,12,30H2,1-5H3/t13-,14+,17+,18+,19?,21+,25+,26+,27+,28+/m1/s1. The molecule has 0 aromatic heterocycles. The molecule has 37 heavy (non-hydrogen) atoms. The quantitative estimate of drug-likeness (QED) is 0.304. The predicted molar refractivity (Wildman–Crippen MR) is 132 cm³/mol. The van der Waals surface area contributed by atoms with E-state index in [-0.39, 0.29) is 31.3 Å². The van der Waals surface area contributed by atoms with Crippen molar-refractivity contribution in [2.24, 2.45) is 34.3 Å². The summed E-state index contributed by atoms with van der Waals surface area (Å²) in [5, 5.41) is 33.4. The Bertz CT molecular complexity index is 1130. The normalized spacial score (nSPS) is 44.5. The Hall–Kier alpha value is -2.07. The number of alkyl halides is 1. The van der Waals surface area contributed by atoms with Gasteiger partial charge in [0.05, 0.1) is 17.7 Å². The molecule has 3 saturated carbocycles. The second-order valence-electron chi connectivity index (χ2n) is 12.1. The number of halogens is 1. The van der Waals surface area contributed by atoms with Crippen molar-refractivity contribution < 1.29 is 38.9 Å². The van der Waals surface area contributed by atoms with Crippen LogP contribution in [-0.4, -0.2) is 68.0 Å². The van der Waals surface area contributed by atoms with Gasteiger partial charge in [-0.25, -0.2) is 4.39 Å². The van der Waals surface area contributed by atoms with Crippen LogP contribution in [0.4, 0.5) is 4.39 Å². The van der Waals surface area contributed by atoms with E-state index in [1.54, 1.807) is 27.7 Å². The molecule has 5 N–H and O–H groups in total. The molecular formula is C28H38FNO7. The summed E-state index contributed by atoms with van der Waals surface area (Å²) in [6, 6.07) is -0.962. The maximum absolute atomic E-state index is 17.6. The molecule has 0 amide bonds. The summed E-state index contributed by atoms with van der Waals surface area (Å²) in [6.45, 7) is 7.82. The maximum Gasteiger partial charge on any atom is 0.233 e. The van der Waals surface area contributed by atoms with E-state index in [2.05, 4.69) is 0 Å². The van der Waals surface area contributed by atoms with Gasteiger partial charge in [-0.15, -0.1) is 0 Å². The Morgan fingerprint density at radius 3 is 2.43 bits per heavy atom. The molecule has 0 heterocycles. The van der Waals surface area contributed by atoms with Gasteiger partial charge in [0.15, 0.2) is 17.2 Å². The molecule has 4 rings (SSSR count). The average molecular weight is 520 g/mol. The van der Waals surface area contributed by atoms with Gasteiger partial charge in [-0.3, -0.25) is 19.2 Å². The van der Waals surface area contributed by atoms with E-state index in [0.717, 1.165) is 0 Å². The molecule has 1 unspecified atom stereocenters. The Labute approximate surface area is 216 Å². The van der Waals surface area contributed by atoms with E-state index in [1.807, 2.05) is 0 Å². The molecule has 0 saturated heterocycles. The van der Waals surface area contributed by atoms with E-state index in [1.165, 1.54) is 19.1 Å². The number of hydrogen-bond acceptors (Lipinski definition) is 8. The van der Waals surface area contributed by atoms with Gasteiger partial charge >= 0.3 is 0 Å². The van der Waals surface area contributed by atoms with Gasteiger partial charge in [0.25, 0.3) is 0 Å². The van der Waals surface area contributed by atoms with Crippen LogP contribution in [0, 0.1) is 28.6 Å². The highest BCUT2D eigenvalue weighted by molar-refractivity contribution is 6.42. The first-order valence-corrected chi connectivity index (χ1v) is 13.2. The van der Waals surface area contributed by atoms with Crippen LogP contribution in [0.1, 0.15) is 66.7 Å². The zero-order valence-electron chi connectivity index (χ0n) is 22.1. The molecule has 3 fully saturated rings. The van der Waals surface area contributed by atoms with Crippen molar-refractivity contribution in [1.29, 1.82) is 0 Å². The Morgan fingerprint density at radius 2 is 1.86 bits per heavy atom. The summed E-state index contributed by atoms with van der Waals surface area (Å²) in [5.74, 6) is -5.45. The minimum Gasteiger partial charge on any atom is -0.390 e. The zero-order chi connectivity index (χ0) is 27.9. The zero-order valence-corrected chi connectivity index (χ0v) is 22.1. The molecule has 10 atom stereocenters. The number of ketones is 4. The highest BCUT2D eigenvalue weighted by Gasteiger charge is 2.76. The molecular weight excluding hydrogens is 481 g/mol. The van der Waals surface area contributed by atoms with Crippen molar-refractivity contribution in [3.05, 3.63) is 23.3 Å². The minimum atomic E-state index is -2.30. The number of allylic oxidation sites excluding steroid dienone is 3. The molecule has 0 aromatic rings. The third kappa shape index (κ3) is 3.40. The number of aliphatic hydroxyl groups is 3. The third-order valence-electron chi connectivity index (χ3n) is 10.3. The van der Waals surface area contributed by atoms with E-state index in [4.69, 9.17) is 5.73 Å². The predicted octanol–water partition coefficient (Wildman–Crippen LogP) is 1.53. The van der Waals surface area contributed by atoms with Gasteiger partial charge in [0.1, 0.15) is 11.7 Å². The van der Waals surface area contributed by atoms with E-state index < -0.39 is 81.2 Å².